The number of fused-ring (bicyclic) bond motifs is 1. The van der Waals surface area contributed by atoms with Crippen molar-refractivity contribution < 1.29 is 4.79 Å². The Hall–Kier alpha value is -1.90. The average molecular weight is 240 g/mol. The molecular formula is C15H16N2O. The Balaban J connectivity index is 2.18. The molecule has 2 aromatic rings. The van der Waals surface area contributed by atoms with E-state index in [9.17, 15) is 4.79 Å². The number of nitrogens with zero attached hydrogens (tertiary/aromatic N) is 2. The van der Waals surface area contributed by atoms with Gasteiger partial charge in [0.2, 0.25) is 0 Å². The van der Waals surface area contributed by atoms with Gasteiger partial charge in [-0.25, -0.2) is 4.98 Å². The van der Waals surface area contributed by atoms with E-state index in [-0.39, 0.29) is 5.78 Å². The second-order valence-corrected chi connectivity index (χ2v) is 4.95. The van der Waals surface area contributed by atoms with E-state index in [0.29, 0.717) is 6.42 Å². The number of pyridine rings is 1. The Kier molecular flexibility index (Phi) is 2.54. The largest absolute Gasteiger partial charge is 0.302 e. The van der Waals surface area contributed by atoms with Gasteiger partial charge in [0.05, 0.1) is 0 Å². The number of carbonyl (C=O) groups excluding carboxylic acids is 1. The molecule has 0 unspecified atom stereocenters. The molecule has 1 aliphatic carbocycles. The smallest absolute Gasteiger partial charge is 0.164 e. The van der Waals surface area contributed by atoms with Crippen molar-refractivity contribution in [1.82, 2.24) is 9.55 Å². The van der Waals surface area contributed by atoms with E-state index in [1.807, 2.05) is 32.2 Å². The minimum atomic E-state index is 0.269. The summed E-state index contributed by atoms with van der Waals surface area (Å²) in [5.74, 6) is 1.18. The van der Waals surface area contributed by atoms with Crippen LogP contribution in [-0.2, 0) is 6.42 Å². The van der Waals surface area contributed by atoms with Gasteiger partial charge in [0.15, 0.2) is 5.78 Å². The van der Waals surface area contributed by atoms with Crippen molar-refractivity contribution in [2.75, 3.05) is 0 Å². The van der Waals surface area contributed by atoms with Crippen LogP contribution in [0.15, 0.2) is 24.4 Å². The topological polar surface area (TPSA) is 34.9 Å². The van der Waals surface area contributed by atoms with Crippen molar-refractivity contribution in [1.29, 1.82) is 0 Å². The lowest BCUT2D eigenvalue weighted by atomic mass is 9.97. The average Bonchev–Trinajstić information content (AvgIpc) is 2.69. The molecule has 0 aliphatic heterocycles. The monoisotopic (exact) mass is 240 g/mol. The molecule has 3 nitrogen and oxygen atoms in total. The van der Waals surface area contributed by atoms with Gasteiger partial charge in [0.25, 0.3) is 0 Å². The SMILES string of the molecule is Cc1ccc(-n2c(C)cc3c2CCCC3=O)nc1. The van der Waals surface area contributed by atoms with Gasteiger partial charge in [-0.15, -0.1) is 0 Å². The Labute approximate surface area is 106 Å². The molecule has 0 saturated heterocycles. The first kappa shape index (κ1) is 11.2. The Morgan fingerprint density at radius 2 is 2.06 bits per heavy atom. The fourth-order valence-electron chi connectivity index (χ4n) is 2.64. The quantitative estimate of drug-likeness (QED) is 0.768. The molecular weight excluding hydrogens is 224 g/mol. The summed E-state index contributed by atoms with van der Waals surface area (Å²) < 4.78 is 2.12. The van der Waals surface area contributed by atoms with Gasteiger partial charge in [-0.1, -0.05) is 6.07 Å². The van der Waals surface area contributed by atoms with E-state index in [4.69, 9.17) is 0 Å². The number of hydrogen-bond donors (Lipinski definition) is 0. The van der Waals surface area contributed by atoms with Crippen molar-refractivity contribution >= 4 is 5.78 Å². The third-order valence-electron chi connectivity index (χ3n) is 3.53. The zero-order chi connectivity index (χ0) is 12.7. The summed E-state index contributed by atoms with van der Waals surface area (Å²) in [6.45, 7) is 4.06. The molecule has 2 heterocycles. The van der Waals surface area contributed by atoms with Crippen molar-refractivity contribution in [3.05, 3.63) is 46.9 Å². The van der Waals surface area contributed by atoms with Crippen LogP contribution >= 0.6 is 0 Å². The summed E-state index contributed by atoms with van der Waals surface area (Å²) in [5, 5.41) is 0. The maximum absolute atomic E-state index is 11.9. The molecule has 0 amide bonds. The molecule has 18 heavy (non-hydrogen) atoms. The first-order valence-corrected chi connectivity index (χ1v) is 6.34. The first-order valence-electron chi connectivity index (χ1n) is 6.34. The third-order valence-corrected chi connectivity index (χ3v) is 3.53. The highest BCUT2D eigenvalue weighted by molar-refractivity contribution is 5.98. The van der Waals surface area contributed by atoms with E-state index in [1.165, 1.54) is 0 Å². The second-order valence-electron chi connectivity index (χ2n) is 4.95. The van der Waals surface area contributed by atoms with Gasteiger partial charge in [-0.05, 0) is 44.4 Å². The number of ketones is 1. The van der Waals surface area contributed by atoms with E-state index in [0.717, 1.165) is 41.2 Å². The predicted octanol–water partition coefficient (Wildman–Crippen LogP) is 3.01. The van der Waals surface area contributed by atoms with Crippen LogP contribution < -0.4 is 0 Å². The number of aromatic nitrogens is 2. The van der Waals surface area contributed by atoms with Crippen molar-refractivity contribution in [2.24, 2.45) is 0 Å². The third kappa shape index (κ3) is 1.67. The van der Waals surface area contributed by atoms with Crippen LogP contribution in [0.1, 0.15) is 40.2 Å². The molecule has 0 N–H and O–H groups in total. The molecule has 0 fully saturated rings. The fraction of sp³-hybridized carbons (Fsp3) is 0.333. The maximum Gasteiger partial charge on any atom is 0.164 e. The zero-order valence-electron chi connectivity index (χ0n) is 10.7. The van der Waals surface area contributed by atoms with Crippen LogP contribution in [-0.4, -0.2) is 15.3 Å². The van der Waals surface area contributed by atoms with Gasteiger partial charge in [0, 0.05) is 29.6 Å². The summed E-state index contributed by atoms with van der Waals surface area (Å²) in [6, 6.07) is 6.07. The van der Waals surface area contributed by atoms with Crippen LogP contribution in [0.3, 0.4) is 0 Å². The molecule has 1 aliphatic rings. The molecule has 92 valence electrons. The number of rotatable bonds is 1. The number of Topliss-reactive ketones (excluding diaryl/α,β-unsaturated/α-hetero) is 1. The van der Waals surface area contributed by atoms with Gasteiger partial charge < -0.3 is 4.57 Å². The van der Waals surface area contributed by atoms with Gasteiger partial charge in [0.1, 0.15) is 5.82 Å². The lowest BCUT2D eigenvalue weighted by molar-refractivity contribution is 0.0972. The molecule has 3 heteroatoms. The van der Waals surface area contributed by atoms with Gasteiger partial charge in [-0.3, -0.25) is 4.79 Å². The number of carbonyl (C=O) groups is 1. The lowest BCUT2D eigenvalue weighted by Gasteiger charge is -2.15. The van der Waals surface area contributed by atoms with Crippen LogP contribution in [0.4, 0.5) is 0 Å². The zero-order valence-corrected chi connectivity index (χ0v) is 10.7. The first-order chi connectivity index (χ1) is 8.66. The van der Waals surface area contributed by atoms with Gasteiger partial charge in [-0.2, -0.15) is 0 Å². The molecule has 3 rings (SSSR count). The Morgan fingerprint density at radius 3 is 2.78 bits per heavy atom. The summed E-state index contributed by atoms with van der Waals surface area (Å²) in [4.78, 5) is 16.4. The summed E-state index contributed by atoms with van der Waals surface area (Å²) in [6.07, 6.45) is 4.45. The molecule has 0 atom stereocenters. The lowest BCUT2D eigenvalue weighted by Crippen LogP contribution is -2.13. The Morgan fingerprint density at radius 1 is 1.22 bits per heavy atom. The van der Waals surface area contributed by atoms with Crippen LogP contribution in [0, 0.1) is 13.8 Å². The van der Waals surface area contributed by atoms with E-state index >= 15 is 0 Å². The van der Waals surface area contributed by atoms with E-state index in [1.54, 1.807) is 0 Å². The molecule has 0 radical (unpaired) electrons. The molecule has 0 saturated carbocycles. The highest BCUT2D eigenvalue weighted by Crippen LogP contribution is 2.27. The highest BCUT2D eigenvalue weighted by Gasteiger charge is 2.23. The summed E-state index contributed by atoms with van der Waals surface area (Å²) >= 11 is 0. The highest BCUT2D eigenvalue weighted by atomic mass is 16.1. The van der Waals surface area contributed by atoms with Crippen LogP contribution in [0.5, 0.6) is 0 Å². The minimum Gasteiger partial charge on any atom is -0.302 e. The van der Waals surface area contributed by atoms with Crippen molar-refractivity contribution in [3.63, 3.8) is 0 Å². The van der Waals surface area contributed by atoms with Crippen LogP contribution in [0.2, 0.25) is 0 Å². The molecule has 2 aromatic heterocycles. The molecule has 0 bridgehead atoms. The van der Waals surface area contributed by atoms with E-state index < -0.39 is 0 Å². The molecule has 0 spiro atoms. The van der Waals surface area contributed by atoms with Crippen molar-refractivity contribution in [2.45, 2.75) is 33.1 Å². The van der Waals surface area contributed by atoms with Crippen molar-refractivity contribution in [3.8, 4) is 5.82 Å². The second kappa shape index (κ2) is 4.09. The van der Waals surface area contributed by atoms with E-state index in [2.05, 4.69) is 15.6 Å². The predicted molar refractivity (Wildman–Crippen MR) is 70.3 cm³/mol. The van der Waals surface area contributed by atoms with Crippen LogP contribution in [0.25, 0.3) is 5.82 Å². The normalized spacial score (nSPS) is 14.7. The minimum absolute atomic E-state index is 0.269. The number of aryl methyl sites for hydroxylation is 2. The molecule has 0 aromatic carbocycles. The Bertz CT molecular complexity index is 608. The summed E-state index contributed by atoms with van der Waals surface area (Å²) in [5.41, 5.74) is 4.25. The maximum atomic E-state index is 11.9. The fourth-order valence-corrected chi connectivity index (χ4v) is 2.64. The van der Waals surface area contributed by atoms with Gasteiger partial charge >= 0.3 is 0 Å². The number of hydrogen-bond acceptors (Lipinski definition) is 2. The summed E-state index contributed by atoms with van der Waals surface area (Å²) in [7, 11) is 0. The standard InChI is InChI=1S/C15H16N2O/c1-10-6-7-15(16-9-10)17-11(2)8-12-13(17)4-3-5-14(12)18/h6-9H,3-5H2,1-2H3.